The molecule has 178 valence electrons. The number of aryl methyl sites for hydroxylation is 1. The normalized spacial score (nSPS) is 14.8. The summed E-state index contributed by atoms with van der Waals surface area (Å²) in [6, 6.07) is 19.2. The van der Waals surface area contributed by atoms with Crippen LogP contribution in [-0.4, -0.2) is 38.8 Å². The fraction of sp³-hybridized carbons (Fsp3) is 0.259. The summed E-state index contributed by atoms with van der Waals surface area (Å²) >= 11 is 0. The van der Waals surface area contributed by atoms with E-state index in [9.17, 15) is 4.79 Å². The number of rotatable bonds is 9. The van der Waals surface area contributed by atoms with Crippen LogP contribution >= 0.6 is 0 Å². The number of hydrogen-bond donors (Lipinski definition) is 2. The van der Waals surface area contributed by atoms with Crippen molar-refractivity contribution < 1.29 is 9.53 Å². The van der Waals surface area contributed by atoms with E-state index in [4.69, 9.17) is 4.74 Å². The summed E-state index contributed by atoms with van der Waals surface area (Å²) < 4.78 is 7.17. The van der Waals surface area contributed by atoms with Crippen molar-refractivity contribution in [3.63, 3.8) is 0 Å². The highest BCUT2D eigenvalue weighted by atomic mass is 16.5. The molecular weight excluding hydrogens is 440 g/mol. The van der Waals surface area contributed by atoms with Crippen LogP contribution in [0.1, 0.15) is 24.1 Å². The van der Waals surface area contributed by atoms with Gasteiger partial charge in [-0.25, -0.2) is 4.98 Å². The van der Waals surface area contributed by atoms with E-state index in [2.05, 4.69) is 25.7 Å². The lowest BCUT2D eigenvalue weighted by atomic mass is 10.0. The first-order chi connectivity index (χ1) is 17.1. The van der Waals surface area contributed by atoms with Gasteiger partial charge >= 0.3 is 0 Å². The van der Waals surface area contributed by atoms with E-state index in [0.29, 0.717) is 18.0 Å². The number of anilines is 1. The van der Waals surface area contributed by atoms with Gasteiger partial charge < -0.3 is 10.1 Å². The van der Waals surface area contributed by atoms with Gasteiger partial charge in [-0.1, -0.05) is 36.4 Å². The van der Waals surface area contributed by atoms with Crippen molar-refractivity contribution in [3.05, 3.63) is 90.5 Å². The van der Waals surface area contributed by atoms with E-state index in [1.807, 2.05) is 73.9 Å². The highest BCUT2D eigenvalue weighted by Gasteiger charge is 2.47. The predicted molar refractivity (Wildman–Crippen MR) is 134 cm³/mol. The molecule has 0 aliphatic heterocycles. The highest BCUT2D eigenvalue weighted by molar-refractivity contribution is 5.96. The molecule has 3 heterocycles. The molecule has 2 N–H and O–H groups in total. The molecule has 0 unspecified atom stereocenters. The van der Waals surface area contributed by atoms with Crippen molar-refractivity contribution in [1.82, 2.24) is 25.1 Å². The zero-order valence-corrected chi connectivity index (χ0v) is 19.8. The molecule has 8 nitrogen and oxygen atoms in total. The van der Waals surface area contributed by atoms with Gasteiger partial charge in [0.2, 0.25) is 11.8 Å². The summed E-state index contributed by atoms with van der Waals surface area (Å²) in [6.45, 7) is 0. The fourth-order valence-electron chi connectivity index (χ4n) is 4.27. The van der Waals surface area contributed by atoms with E-state index < -0.39 is 6.04 Å². The molecule has 1 saturated carbocycles. The van der Waals surface area contributed by atoms with E-state index in [1.54, 1.807) is 24.2 Å². The average Bonchev–Trinajstić information content (AvgIpc) is 3.55. The van der Waals surface area contributed by atoms with E-state index in [1.165, 1.54) is 0 Å². The van der Waals surface area contributed by atoms with E-state index in [-0.39, 0.29) is 11.4 Å². The number of hydrogen-bond acceptors (Lipinski definition) is 6. The van der Waals surface area contributed by atoms with Crippen LogP contribution in [0.3, 0.4) is 0 Å². The molecule has 1 aliphatic carbocycles. The maximum Gasteiger partial charge on any atom is 0.242 e. The number of carbonyl (C=O) groups excluding carboxylic acids is 1. The first-order valence-corrected chi connectivity index (χ1v) is 11.6. The Morgan fingerprint density at radius 2 is 1.91 bits per heavy atom. The zero-order valence-electron chi connectivity index (χ0n) is 19.8. The Labute approximate surface area is 204 Å². The number of carbonyl (C=O) groups is 1. The number of amides is 1. The van der Waals surface area contributed by atoms with Crippen LogP contribution in [0.15, 0.2) is 79.3 Å². The standard InChI is InChI=1S/C27H28N6O2/c1-33-15-11-21(32-33)20-17-23(26(35-2)29-18-20)30-25(34)22(16-19-8-4-3-5-9-19)31-27(12-13-27)24-10-6-7-14-28-24/h3-11,14-15,17-18,22,31H,12-13,16H2,1-2H3,(H,30,34)/t22-/m0/s1. The minimum atomic E-state index is -0.481. The molecule has 0 saturated heterocycles. The Balaban J connectivity index is 1.42. The zero-order chi connectivity index (χ0) is 24.3. The minimum Gasteiger partial charge on any atom is -0.480 e. The van der Waals surface area contributed by atoms with Gasteiger partial charge in [-0.3, -0.25) is 19.8 Å². The Morgan fingerprint density at radius 3 is 2.57 bits per heavy atom. The monoisotopic (exact) mass is 468 g/mol. The number of nitrogens with one attached hydrogen (secondary N) is 2. The van der Waals surface area contributed by atoms with Crippen molar-refractivity contribution >= 4 is 11.6 Å². The van der Waals surface area contributed by atoms with Crippen LogP contribution < -0.4 is 15.4 Å². The molecule has 4 aromatic rings. The number of pyridine rings is 2. The van der Waals surface area contributed by atoms with Gasteiger partial charge in [0, 0.05) is 31.2 Å². The van der Waals surface area contributed by atoms with Gasteiger partial charge in [0.25, 0.3) is 0 Å². The molecule has 1 aliphatic rings. The Morgan fingerprint density at radius 1 is 1.11 bits per heavy atom. The second-order valence-corrected chi connectivity index (χ2v) is 8.83. The lowest BCUT2D eigenvalue weighted by molar-refractivity contribution is -0.118. The lowest BCUT2D eigenvalue weighted by Crippen LogP contribution is -2.47. The molecule has 0 radical (unpaired) electrons. The topological polar surface area (TPSA) is 94.0 Å². The van der Waals surface area contributed by atoms with Crippen LogP contribution in [-0.2, 0) is 23.8 Å². The van der Waals surface area contributed by atoms with Gasteiger partial charge in [0.1, 0.15) is 5.69 Å². The molecule has 5 rings (SSSR count). The summed E-state index contributed by atoms with van der Waals surface area (Å²) in [6.07, 6.45) is 7.76. The third kappa shape index (κ3) is 5.07. The molecule has 8 heteroatoms. The van der Waals surface area contributed by atoms with Gasteiger partial charge in [-0.15, -0.1) is 0 Å². The van der Waals surface area contributed by atoms with Crippen LogP contribution in [0, 0.1) is 0 Å². The van der Waals surface area contributed by atoms with Crippen LogP contribution in [0.2, 0.25) is 0 Å². The van der Waals surface area contributed by atoms with Gasteiger partial charge in [0.05, 0.1) is 30.1 Å². The van der Waals surface area contributed by atoms with Gasteiger partial charge in [-0.2, -0.15) is 5.10 Å². The summed E-state index contributed by atoms with van der Waals surface area (Å²) in [4.78, 5) is 22.6. The van der Waals surface area contributed by atoms with Crippen molar-refractivity contribution in [2.45, 2.75) is 30.8 Å². The summed E-state index contributed by atoms with van der Waals surface area (Å²) in [5, 5.41) is 11.1. The van der Waals surface area contributed by atoms with Crippen LogP contribution in [0.25, 0.3) is 11.3 Å². The molecule has 1 aromatic carbocycles. The molecular formula is C27H28N6O2. The minimum absolute atomic E-state index is 0.158. The number of ether oxygens (including phenoxy) is 1. The largest absolute Gasteiger partial charge is 0.480 e. The summed E-state index contributed by atoms with van der Waals surface area (Å²) in [5.74, 6) is 0.191. The predicted octanol–water partition coefficient (Wildman–Crippen LogP) is 3.71. The lowest BCUT2D eigenvalue weighted by Gasteiger charge is -2.25. The van der Waals surface area contributed by atoms with Crippen molar-refractivity contribution in [2.24, 2.45) is 7.05 Å². The van der Waals surface area contributed by atoms with Crippen molar-refractivity contribution in [1.29, 1.82) is 0 Å². The summed E-state index contributed by atoms with van der Waals surface area (Å²) in [7, 11) is 3.40. The summed E-state index contributed by atoms with van der Waals surface area (Å²) in [5.41, 5.74) is 3.80. The Bertz CT molecular complexity index is 1300. The first kappa shape index (κ1) is 22.7. The number of benzene rings is 1. The molecule has 1 atom stereocenters. The molecule has 35 heavy (non-hydrogen) atoms. The molecule has 1 fully saturated rings. The SMILES string of the molecule is COc1ncc(-c2ccn(C)n2)cc1NC(=O)[C@H](Cc1ccccc1)NC1(c2ccccn2)CC1. The van der Waals surface area contributed by atoms with E-state index in [0.717, 1.165) is 35.4 Å². The van der Waals surface area contributed by atoms with Crippen LogP contribution in [0.5, 0.6) is 5.88 Å². The number of aromatic nitrogens is 4. The second-order valence-electron chi connectivity index (χ2n) is 8.83. The van der Waals surface area contributed by atoms with E-state index >= 15 is 0 Å². The smallest absolute Gasteiger partial charge is 0.242 e. The first-order valence-electron chi connectivity index (χ1n) is 11.6. The third-order valence-electron chi connectivity index (χ3n) is 6.27. The van der Waals surface area contributed by atoms with Crippen molar-refractivity contribution in [3.8, 4) is 17.1 Å². The molecule has 0 spiro atoms. The van der Waals surface area contributed by atoms with Gasteiger partial charge in [0.15, 0.2) is 0 Å². The Kier molecular flexibility index (Phi) is 6.29. The number of methoxy groups -OCH3 is 1. The molecule has 3 aromatic heterocycles. The highest BCUT2D eigenvalue weighted by Crippen LogP contribution is 2.45. The fourth-order valence-corrected chi connectivity index (χ4v) is 4.27. The maximum atomic E-state index is 13.7. The number of nitrogens with zero attached hydrogens (tertiary/aromatic N) is 4. The average molecular weight is 469 g/mol. The maximum absolute atomic E-state index is 13.7. The molecule has 0 bridgehead atoms. The van der Waals surface area contributed by atoms with Crippen LogP contribution in [0.4, 0.5) is 5.69 Å². The van der Waals surface area contributed by atoms with Gasteiger partial charge in [-0.05, 0) is 49.1 Å². The third-order valence-corrected chi connectivity index (χ3v) is 6.27. The molecule has 1 amide bonds. The quantitative estimate of drug-likeness (QED) is 0.389. The second kappa shape index (κ2) is 9.68. The van der Waals surface area contributed by atoms with Crippen molar-refractivity contribution in [2.75, 3.05) is 12.4 Å². The Hall–Kier alpha value is -4.04.